The molecular weight excluding hydrogens is 337 g/mol. The second-order valence-corrected chi connectivity index (χ2v) is 6.52. The van der Waals surface area contributed by atoms with E-state index in [2.05, 4.69) is 4.90 Å². The molecule has 2 aromatic carbocycles. The molecule has 2 aromatic rings. The van der Waals surface area contributed by atoms with Gasteiger partial charge in [-0.2, -0.15) is 13.2 Å². The van der Waals surface area contributed by atoms with Crippen LogP contribution in [0.5, 0.6) is 0 Å². The van der Waals surface area contributed by atoms with Crippen LogP contribution in [0.25, 0.3) is 0 Å². The number of nitrogens with one attached hydrogen (secondary N) is 1. The maximum Gasteiger partial charge on any atom is 0.416 e. The van der Waals surface area contributed by atoms with Crippen molar-refractivity contribution in [2.45, 2.75) is 12.7 Å². The van der Waals surface area contributed by atoms with Crippen LogP contribution >= 0.6 is 11.6 Å². The van der Waals surface area contributed by atoms with E-state index >= 15 is 0 Å². The van der Waals surface area contributed by atoms with Gasteiger partial charge >= 0.3 is 6.18 Å². The first kappa shape index (κ1) is 17.1. The topological polar surface area (TPSA) is 7.68 Å². The zero-order valence-corrected chi connectivity index (χ0v) is 13.9. The van der Waals surface area contributed by atoms with Crippen molar-refractivity contribution in [1.29, 1.82) is 0 Å². The van der Waals surface area contributed by atoms with Gasteiger partial charge < -0.3 is 9.80 Å². The summed E-state index contributed by atoms with van der Waals surface area (Å²) < 4.78 is 37.8. The molecule has 0 aliphatic carbocycles. The van der Waals surface area contributed by atoms with Crippen LogP contribution in [0.15, 0.2) is 48.5 Å². The molecule has 0 saturated carbocycles. The Kier molecular flexibility index (Phi) is 5.01. The molecule has 6 heteroatoms. The Morgan fingerprint density at radius 3 is 2.25 bits per heavy atom. The summed E-state index contributed by atoms with van der Waals surface area (Å²) in [5, 5.41) is 0.729. The number of hydrogen-bond acceptors (Lipinski definition) is 1. The second kappa shape index (κ2) is 7.03. The summed E-state index contributed by atoms with van der Waals surface area (Å²) in [4.78, 5) is 3.68. The van der Waals surface area contributed by atoms with Gasteiger partial charge in [-0.15, -0.1) is 0 Å². The number of nitrogens with zero attached hydrogens (tertiary/aromatic N) is 1. The summed E-state index contributed by atoms with van der Waals surface area (Å²) in [5.41, 5.74) is 1.47. The van der Waals surface area contributed by atoms with E-state index in [1.807, 2.05) is 24.3 Å². The molecule has 1 aliphatic rings. The Morgan fingerprint density at radius 2 is 1.67 bits per heavy atom. The van der Waals surface area contributed by atoms with E-state index < -0.39 is 11.7 Å². The zero-order chi connectivity index (χ0) is 17.2. The maximum absolute atomic E-state index is 12.6. The normalized spacial score (nSPS) is 16.4. The molecule has 1 saturated heterocycles. The molecule has 1 heterocycles. The highest BCUT2D eigenvalue weighted by Crippen LogP contribution is 2.29. The molecule has 24 heavy (non-hydrogen) atoms. The van der Waals surface area contributed by atoms with Crippen molar-refractivity contribution < 1.29 is 18.1 Å². The van der Waals surface area contributed by atoms with Crippen LogP contribution in [0.2, 0.25) is 5.02 Å². The third kappa shape index (κ3) is 4.22. The predicted octanol–water partition coefficient (Wildman–Crippen LogP) is 3.26. The summed E-state index contributed by atoms with van der Waals surface area (Å²) in [7, 11) is 0. The van der Waals surface area contributed by atoms with Crippen LogP contribution in [0, 0.1) is 0 Å². The molecule has 3 rings (SSSR count). The van der Waals surface area contributed by atoms with Crippen LogP contribution in [-0.4, -0.2) is 26.2 Å². The molecule has 2 nitrogen and oxygen atoms in total. The lowest BCUT2D eigenvalue weighted by Gasteiger charge is -2.33. The minimum absolute atomic E-state index is 0.591. The Balaban J connectivity index is 1.55. The van der Waals surface area contributed by atoms with Gasteiger partial charge in [-0.1, -0.05) is 29.8 Å². The summed E-state index contributed by atoms with van der Waals surface area (Å²) in [5.74, 6) is 0. The standard InChI is InChI=1S/C18H18ClF3N2/c19-16-2-1-3-17(12-16)24-10-8-23(9-11-24)13-14-4-6-15(7-5-14)18(20,21)22/h1-7,12H,8-11,13H2/p+1. The maximum atomic E-state index is 12.6. The number of hydrogen-bond donors (Lipinski definition) is 1. The largest absolute Gasteiger partial charge is 0.416 e. The van der Waals surface area contributed by atoms with Gasteiger partial charge in [-0.25, -0.2) is 0 Å². The van der Waals surface area contributed by atoms with E-state index in [-0.39, 0.29) is 0 Å². The molecule has 128 valence electrons. The Hall–Kier alpha value is -1.72. The fourth-order valence-electron chi connectivity index (χ4n) is 3.03. The summed E-state index contributed by atoms with van der Waals surface area (Å²) in [6.45, 7) is 4.48. The smallest absolute Gasteiger partial charge is 0.360 e. The highest BCUT2D eigenvalue weighted by Gasteiger charge is 2.30. The van der Waals surface area contributed by atoms with Crippen molar-refractivity contribution in [2.24, 2.45) is 0 Å². The minimum Gasteiger partial charge on any atom is -0.360 e. The Labute approximate surface area is 144 Å². The molecule has 0 bridgehead atoms. The Morgan fingerprint density at radius 1 is 1.00 bits per heavy atom. The van der Waals surface area contributed by atoms with Crippen molar-refractivity contribution in [3.05, 3.63) is 64.7 Å². The second-order valence-electron chi connectivity index (χ2n) is 6.09. The summed E-state index contributed by atoms with van der Waals surface area (Å²) in [6, 6.07) is 13.3. The van der Waals surface area contributed by atoms with Crippen molar-refractivity contribution >= 4 is 17.3 Å². The highest BCUT2D eigenvalue weighted by molar-refractivity contribution is 6.30. The van der Waals surface area contributed by atoms with Crippen LogP contribution in [0.1, 0.15) is 11.1 Å². The number of benzene rings is 2. The molecule has 1 aliphatic heterocycles. The molecular formula is C18H19ClF3N2+. The van der Waals surface area contributed by atoms with Gasteiger partial charge in [0.25, 0.3) is 0 Å². The molecule has 0 atom stereocenters. The fourth-order valence-corrected chi connectivity index (χ4v) is 3.22. The van der Waals surface area contributed by atoms with E-state index in [0.29, 0.717) is 0 Å². The predicted molar refractivity (Wildman–Crippen MR) is 89.5 cm³/mol. The first-order chi connectivity index (χ1) is 11.4. The average molecular weight is 356 g/mol. The number of piperazine rings is 1. The first-order valence-electron chi connectivity index (χ1n) is 7.92. The summed E-state index contributed by atoms with van der Waals surface area (Å²) in [6.07, 6.45) is -4.27. The number of quaternary nitrogens is 1. The molecule has 1 N–H and O–H groups in total. The van der Waals surface area contributed by atoms with E-state index in [9.17, 15) is 13.2 Å². The van der Waals surface area contributed by atoms with Crippen molar-refractivity contribution in [2.75, 3.05) is 31.1 Å². The van der Waals surface area contributed by atoms with Gasteiger partial charge in [0.05, 0.1) is 31.7 Å². The van der Waals surface area contributed by atoms with Gasteiger partial charge in [-0.05, 0) is 30.3 Å². The number of halogens is 4. The quantitative estimate of drug-likeness (QED) is 0.888. The first-order valence-corrected chi connectivity index (χ1v) is 8.30. The molecule has 0 unspecified atom stereocenters. The van der Waals surface area contributed by atoms with Crippen molar-refractivity contribution in [3.63, 3.8) is 0 Å². The molecule has 0 radical (unpaired) electrons. The number of alkyl halides is 3. The molecule has 0 aromatic heterocycles. The summed E-state index contributed by atoms with van der Waals surface area (Å²) >= 11 is 6.03. The van der Waals surface area contributed by atoms with Crippen LogP contribution in [0.3, 0.4) is 0 Å². The van der Waals surface area contributed by atoms with Gasteiger partial charge in [0.2, 0.25) is 0 Å². The fraction of sp³-hybridized carbons (Fsp3) is 0.333. The SMILES string of the molecule is FC(F)(F)c1ccc(C[NH+]2CCN(c3cccc(Cl)c3)CC2)cc1. The lowest BCUT2D eigenvalue weighted by molar-refractivity contribution is -0.914. The molecule has 0 amide bonds. The third-order valence-corrected chi connectivity index (χ3v) is 4.61. The van der Waals surface area contributed by atoms with Crippen molar-refractivity contribution in [3.8, 4) is 0 Å². The molecule has 1 fully saturated rings. The minimum atomic E-state index is -4.27. The van der Waals surface area contributed by atoms with Crippen molar-refractivity contribution in [1.82, 2.24) is 0 Å². The third-order valence-electron chi connectivity index (χ3n) is 4.38. The highest BCUT2D eigenvalue weighted by atomic mass is 35.5. The van der Waals surface area contributed by atoms with Gasteiger partial charge in [0, 0.05) is 16.3 Å². The molecule has 0 spiro atoms. The van der Waals surface area contributed by atoms with E-state index in [1.165, 1.54) is 4.90 Å². The van der Waals surface area contributed by atoms with Gasteiger partial charge in [0.1, 0.15) is 6.54 Å². The Bertz CT molecular complexity index is 677. The van der Waals surface area contributed by atoms with E-state index in [1.54, 1.807) is 12.1 Å². The lowest BCUT2D eigenvalue weighted by Crippen LogP contribution is -3.13. The number of anilines is 1. The van der Waals surface area contributed by atoms with E-state index in [4.69, 9.17) is 11.6 Å². The van der Waals surface area contributed by atoms with Crippen LogP contribution in [-0.2, 0) is 12.7 Å². The number of rotatable bonds is 3. The van der Waals surface area contributed by atoms with Crippen LogP contribution in [0.4, 0.5) is 18.9 Å². The van der Waals surface area contributed by atoms with E-state index in [0.717, 1.165) is 61.1 Å². The van der Waals surface area contributed by atoms with Crippen LogP contribution < -0.4 is 9.80 Å². The zero-order valence-electron chi connectivity index (χ0n) is 13.1. The van der Waals surface area contributed by atoms with Gasteiger partial charge in [-0.3, -0.25) is 0 Å². The monoisotopic (exact) mass is 355 g/mol. The average Bonchev–Trinajstić information content (AvgIpc) is 2.55. The lowest BCUT2D eigenvalue weighted by atomic mass is 10.1. The van der Waals surface area contributed by atoms with Gasteiger partial charge in [0.15, 0.2) is 0 Å².